The average molecular weight is 308 g/mol. The summed E-state index contributed by atoms with van der Waals surface area (Å²) in [4.78, 5) is 0. The van der Waals surface area contributed by atoms with Crippen LogP contribution in [-0.2, 0) is 6.54 Å². The van der Waals surface area contributed by atoms with E-state index in [1.807, 2.05) is 18.7 Å². The average Bonchev–Trinajstić information content (AvgIpc) is 2.60. The fraction of sp³-hybridized carbons (Fsp3) is 0.357. The Hall–Kier alpha value is -1.13. The normalized spacial score (nSPS) is 10.9. The van der Waals surface area contributed by atoms with E-state index in [2.05, 4.69) is 58.4 Å². The van der Waals surface area contributed by atoms with Crippen LogP contribution in [0.15, 0.2) is 22.7 Å². The van der Waals surface area contributed by atoms with E-state index < -0.39 is 0 Å². The minimum absolute atomic E-state index is 0.858. The number of rotatable bonds is 3. The van der Waals surface area contributed by atoms with E-state index in [1.54, 1.807) is 0 Å². The fourth-order valence-corrected chi connectivity index (χ4v) is 2.48. The van der Waals surface area contributed by atoms with Crippen LogP contribution >= 0.6 is 15.9 Å². The molecule has 0 fully saturated rings. The molecule has 0 amide bonds. The lowest BCUT2D eigenvalue weighted by Gasteiger charge is -2.09. The number of nitrogens with one attached hydrogen (secondary N) is 1. The van der Waals surface area contributed by atoms with Crippen LogP contribution in [0, 0.1) is 20.8 Å². The molecule has 0 aliphatic heterocycles. The van der Waals surface area contributed by atoms with Gasteiger partial charge in [-0.25, -0.2) is 4.68 Å². The molecule has 0 aliphatic carbocycles. The van der Waals surface area contributed by atoms with Crippen molar-refractivity contribution < 1.29 is 0 Å². The molecular formula is C14H18BrN3. The van der Waals surface area contributed by atoms with Gasteiger partial charge in [-0.05, 0) is 51.1 Å². The van der Waals surface area contributed by atoms with Crippen molar-refractivity contribution in [2.45, 2.75) is 27.3 Å². The second-order valence-corrected chi connectivity index (χ2v) is 5.37. The smallest absolute Gasteiger partial charge is 0.0660 e. The van der Waals surface area contributed by atoms with Crippen molar-refractivity contribution in [1.29, 1.82) is 0 Å². The topological polar surface area (TPSA) is 29.9 Å². The Morgan fingerprint density at radius 1 is 1.28 bits per heavy atom. The predicted molar refractivity (Wildman–Crippen MR) is 78.2 cm³/mol. The summed E-state index contributed by atoms with van der Waals surface area (Å²) in [5.74, 6) is 0. The van der Waals surface area contributed by atoms with Gasteiger partial charge in [0.2, 0.25) is 0 Å². The van der Waals surface area contributed by atoms with Crippen LogP contribution < -0.4 is 5.32 Å². The maximum absolute atomic E-state index is 4.58. The van der Waals surface area contributed by atoms with Gasteiger partial charge in [0.1, 0.15) is 0 Å². The van der Waals surface area contributed by atoms with Gasteiger partial charge in [-0.1, -0.05) is 22.0 Å². The number of benzene rings is 1. The largest absolute Gasteiger partial charge is 0.316 e. The van der Waals surface area contributed by atoms with Crippen molar-refractivity contribution in [2.75, 3.05) is 7.05 Å². The Labute approximate surface area is 116 Å². The highest BCUT2D eigenvalue weighted by Crippen LogP contribution is 2.23. The van der Waals surface area contributed by atoms with Crippen LogP contribution in [0.4, 0.5) is 0 Å². The van der Waals surface area contributed by atoms with Gasteiger partial charge in [0.05, 0.1) is 11.4 Å². The monoisotopic (exact) mass is 307 g/mol. The zero-order chi connectivity index (χ0) is 13.3. The molecule has 1 aromatic carbocycles. The van der Waals surface area contributed by atoms with Crippen molar-refractivity contribution >= 4 is 15.9 Å². The highest BCUT2D eigenvalue weighted by atomic mass is 79.9. The SMILES string of the molecule is CNCc1ccc(-n2nc(C)c(C)c2C)cc1Br. The van der Waals surface area contributed by atoms with Crippen molar-refractivity contribution in [3.63, 3.8) is 0 Å². The highest BCUT2D eigenvalue weighted by molar-refractivity contribution is 9.10. The Balaban J connectivity index is 2.45. The third-order valence-electron chi connectivity index (χ3n) is 3.30. The Morgan fingerprint density at radius 3 is 2.50 bits per heavy atom. The zero-order valence-corrected chi connectivity index (χ0v) is 12.8. The first-order chi connectivity index (χ1) is 8.54. The van der Waals surface area contributed by atoms with E-state index in [-0.39, 0.29) is 0 Å². The minimum atomic E-state index is 0.858. The summed E-state index contributed by atoms with van der Waals surface area (Å²) in [6.45, 7) is 7.11. The molecule has 3 nitrogen and oxygen atoms in total. The van der Waals surface area contributed by atoms with Crippen LogP contribution in [0.25, 0.3) is 5.69 Å². The maximum Gasteiger partial charge on any atom is 0.0660 e. The molecule has 0 spiro atoms. The van der Waals surface area contributed by atoms with Crippen LogP contribution in [-0.4, -0.2) is 16.8 Å². The molecule has 0 saturated heterocycles. The summed E-state index contributed by atoms with van der Waals surface area (Å²) < 4.78 is 3.11. The Morgan fingerprint density at radius 2 is 2.00 bits per heavy atom. The number of hydrogen-bond acceptors (Lipinski definition) is 2. The van der Waals surface area contributed by atoms with Crippen molar-refractivity contribution in [3.8, 4) is 5.69 Å². The molecule has 0 unspecified atom stereocenters. The lowest BCUT2D eigenvalue weighted by Crippen LogP contribution is -2.06. The molecule has 2 rings (SSSR count). The standard InChI is InChI=1S/C14H18BrN3/c1-9-10(2)17-18(11(9)3)13-6-5-12(8-16-4)14(15)7-13/h5-7,16H,8H2,1-4H3. The van der Waals surface area contributed by atoms with Crippen molar-refractivity contribution in [2.24, 2.45) is 0 Å². The first-order valence-corrected chi connectivity index (χ1v) is 6.80. The van der Waals surface area contributed by atoms with E-state index >= 15 is 0 Å². The molecule has 96 valence electrons. The molecule has 1 N–H and O–H groups in total. The van der Waals surface area contributed by atoms with E-state index in [0.29, 0.717) is 0 Å². The van der Waals surface area contributed by atoms with E-state index in [4.69, 9.17) is 0 Å². The van der Waals surface area contributed by atoms with Crippen molar-refractivity contribution in [3.05, 3.63) is 45.2 Å². The van der Waals surface area contributed by atoms with Gasteiger partial charge in [0.25, 0.3) is 0 Å². The summed E-state index contributed by atoms with van der Waals surface area (Å²) >= 11 is 3.61. The summed E-state index contributed by atoms with van der Waals surface area (Å²) in [5, 5.41) is 7.73. The number of aryl methyl sites for hydroxylation is 1. The third-order valence-corrected chi connectivity index (χ3v) is 4.04. The zero-order valence-electron chi connectivity index (χ0n) is 11.2. The molecule has 4 heteroatoms. The Bertz CT molecular complexity index is 573. The van der Waals surface area contributed by atoms with Crippen molar-refractivity contribution in [1.82, 2.24) is 15.1 Å². The second kappa shape index (κ2) is 5.24. The number of halogens is 1. The molecule has 0 radical (unpaired) electrons. The van der Waals surface area contributed by atoms with Gasteiger partial charge >= 0.3 is 0 Å². The lowest BCUT2D eigenvalue weighted by atomic mass is 10.2. The number of aromatic nitrogens is 2. The Kier molecular flexibility index (Phi) is 3.88. The van der Waals surface area contributed by atoms with Gasteiger partial charge in [0, 0.05) is 16.7 Å². The predicted octanol–water partition coefficient (Wildman–Crippen LogP) is 3.28. The second-order valence-electron chi connectivity index (χ2n) is 4.51. The van der Waals surface area contributed by atoms with Crippen LogP contribution in [0.3, 0.4) is 0 Å². The maximum atomic E-state index is 4.58. The number of hydrogen-bond donors (Lipinski definition) is 1. The summed E-state index contributed by atoms with van der Waals surface area (Å²) in [5.41, 5.74) is 5.88. The van der Waals surface area contributed by atoms with Crippen LogP contribution in [0.2, 0.25) is 0 Å². The number of nitrogens with zero attached hydrogens (tertiary/aromatic N) is 2. The van der Waals surface area contributed by atoms with Crippen LogP contribution in [0.5, 0.6) is 0 Å². The molecule has 0 atom stereocenters. The first kappa shape index (κ1) is 13.3. The highest BCUT2D eigenvalue weighted by Gasteiger charge is 2.10. The third kappa shape index (κ3) is 2.35. The van der Waals surface area contributed by atoms with Gasteiger partial charge < -0.3 is 5.32 Å². The van der Waals surface area contributed by atoms with Gasteiger partial charge in [0.15, 0.2) is 0 Å². The quantitative estimate of drug-likeness (QED) is 0.943. The molecule has 1 aromatic heterocycles. The van der Waals surface area contributed by atoms with E-state index in [9.17, 15) is 0 Å². The minimum Gasteiger partial charge on any atom is -0.316 e. The molecular weight excluding hydrogens is 290 g/mol. The molecule has 0 bridgehead atoms. The van der Waals surface area contributed by atoms with Gasteiger partial charge in [-0.3, -0.25) is 0 Å². The molecule has 0 aliphatic rings. The molecule has 18 heavy (non-hydrogen) atoms. The summed E-state index contributed by atoms with van der Waals surface area (Å²) in [7, 11) is 1.95. The molecule has 2 aromatic rings. The van der Waals surface area contributed by atoms with Gasteiger partial charge in [-0.15, -0.1) is 0 Å². The molecule has 0 saturated carbocycles. The fourth-order valence-electron chi connectivity index (χ4n) is 1.97. The van der Waals surface area contributed by atoms with E-state index in [1.165, 1.54) is 16.8 Å². The first-order valence-electron chi connectivity index (χ1n) is 6.00. The van der Waals surface area contributed by atoms with E-state index in [0.717, 1.165) is 22.4 Å². The van der Waals surface area contributed by atoms with Gasteiger partial charge in [-0.2, -0.15) is 5.10 Å². The lowest BCUT2D eigenvalue weighted by molar-refractivity contribution is 0.806. The van der Waals surface area contributed by atoms with Crippen LogP contribution in [0.1, 0.15) is 22.5 Å². The summed E-state index contributed by atoms with van der Waals surface area (Å²) in [6.07, 6.45) is 0. The molecule has 1 heterocycles. The summed E-state index contributed by atoms with van der Waals surface area (Å²) in [6, 6.07) is 6.35.